The zero-order valence-corrected chi connectivity index (χ0v) is 5.55. The highest BCUT2D eigenvalue weighted by Gasteiger charge is 1.95. The minimum absolute atomic E-state index is 0.00921. The standard InChI is InChI=1S/C6H14O2/c1-3-4-8-6(2)5-7/h6-7H,3-5H2,1-2H3/t6-/m0/s1. The second-order valence-corrected chi connectivity index (χ2v) is 1.86. The molecule has 0 amide bonds. The summed E-state index contributed by atoms with van der Waals surface area (Å²) in [7, 11) is 0. The molecule has 0 bridgehead atoms. The Balaban J connectivity index is 2.86. The maximum absolute atomic E-state index is 8.44. The Bertz CT molecular complexity index is 45.8. The Morgan fingerprint density at radius 1 is 1.62 bits per heavy atom. The molecule has 0 aliphatic rings. The number of aliphatic hydroxyl groups excluding tert-OH is 1. The van der Waals surface area contributed by atoms with Crippen molar-refractivity contribution in [3.63, 3.8) is 0 Å². The summed E-state index contributed by atoms with van der Waals surface area (Å²) in [5, 5.41) is 8.44. The predicted octanol–water partition coefficient (Wildman–Crippen LogP) is 0.794. The predicted molar refractivity (Wildman–Crippen MR) is 32.8 cm³/mol. The summed E-state index contributed by atoms with van der Waals surface area (Å²) < 4.78 is 5.09. The molecular weight excluding hydrogens is 104 g/mol. The van der Waals surface area contributed by atoms with Crippen LogP contribution in [0.15, 0.2) is 0 Å². The molecule has 0 aliphatic carbocycles. The Hall–Kier alpha value is -0.0800. The molecule has 0 aromatic carbocycles. The van der Waals surface area contributed by atoms with Crippen LogP contribution in [0.1, 0.15) is 20.3 Å². The Morgan fingerprint density at radius 3 is 2.62 bits per heavy atom. The molecule has 0 heterocycles. The molecule has 0 saturated carbocycles. The van der Waals surface area contributed by atoms with Gasteiger partial charge in [-0.15, -0.1) is 0 Å². The van der Waals surface area contributed by atoms with Gasteiger partial charge in [0.1, 0.15) is 0 Å². The first-order valence-corrected chi connectivity index (χ1v) is 3.03. The van der Waals surface area contributed by atoms with Gasteiger partial charge in [0, 0.05) is 6.61 Å². The summed E-state index contributed by atoms with van der Waals surface area (Å²) in [6, 6.07) is 0. The van der Waals surface area contributed by atoms with E-state index in [0.717, 1.165) is 13.0 Å². The molecule has 0 aliphatic heterocycles. The molecule has 0 fully saturated rings. The molecule has 0 rings (SSSR count). The van der Waals surface area contributed by atoms with Crippen LogP contribution in [0.4, 0.5) is 0 Å². The fourth-order valence-corrected chi connectivity index (χ4v) is 0.372. The number of aliphatic hydroxyl groups is 1. The van der Waals surface area contributed by atoms with Crippen LogP contribution in [0.5, 0.6) is 0 Å². The summed E-state index contributed by atoms with van der Waals surface area (Å²) in [5.74, 6) is 0. The highest BCUT2D eigenvalue weighted by molar-refractivity contribution is 4.42. The van der Waals surface area contributed by atoms with Gasteiger partial charge in [0.25, 0.3) is 0 Å². The molecule has 0 unspecified atom stereocenters. The fourth-order valence-electron chi connectivity index (χ4n) is 0.372. The summed E-state index contributed by atoms with van der Waals surface area (Å²) in [4.78, 5) is 0. The van der Waals surface area contributed by atoms with Crippen LogP contribution in [0.25, 0.3) is 0 Å². The lowest BCUT2D eigenvalue weighted by atomic mass is 10.4. The summed E-state index contributed by atoms with van der Waals surface area (Å²) in [6.07, 6.45) is 1.03. The van der Waals surface area contributed by atoms with Gasteiger partial charge in [-0.2, -0.15) is 0 Å². The second-order valence-electron chi connectivity index (χ2n) is 1.86. The number of hydrogen-bond donors (Lipinski definition) is 1. The minimum Gasteiger partial charge on any atom is -0.394 e. The molecule has 2 heteroatoms. The van der Waals surface area contributed by atoms with E-state index < -0.39 is 0 Å². The minimum atomic E-state index is 0.00921. The molecule has 0 aromatic heterocycles. The van der Waals surface area contributed by atoms with Crippen molar-refractivity contribution in [3.8, 4) is 0 Å². The van der Waals surface area contributed by atoms with E-state index in [1.165, 1.54) is 0 Å². The van der Waals surface area contributed by atoms with Gasteiger partial charge in [0.2, 0.25) is 0 Å². The van der Waals surface area contributed by atoms with Crippen LogP contribution in [0, 0.1) is 0 Å². The van der Waals surface area contributed by atoms with E-state index in [9.17, 15) is 0 Å². The molecule has 1 N–H and O–H groups in total. The second kappa shape index (κ2) is 5.06. The summed E-state index contributed by atoms with van der Waals surface area (Å²) in [6.45, 7) is 4.78. The molecule has 0 radical (unpaired) electrons. The van der Waals surface area contributed by atoms with Gasteiger partial charge in [0.05, 0.1) is 12.7 Å². The van der Waals surface area contributed by atoms with Crippen LogP contribution in [0.3, 0.4) is 0 Å². The average molecular weight is 118 g/mol. The third kappa shape index (κ3) is 4.09. The fraction of sp³-hybridized carbons (Fsp3) is 1.00. The summed E-state index contributed by atoms with van der Waals surface area (Å²) in [5.41, 5.74) is 0. The topological polar surface area (TPSA) is 29.5 Å². The zero-order chi connectivity index (χ0) is 6.41. The Labute approximate surface area is 50.5 Å². The van der Waals surface area contributed by atoms with E-state index >= 15 is 0 Å². The largest absolute Gasteiger partial charge is 0.394 e. The van der Waals surface area contributed by atoms with Crippen molar-refractivity contribution in [1.82, 2.24) is 0 Å². The van der Waals surface area contributed by atoms with Crippen molar-refractivity contribution in [2.45, 2.75) is 26.4 Å². The molecule has 0 spiro atoms. The lowest BCUT2D eigenvalue weighted by molar-refractivity contribution is 0.0254. The van der Waals surface area contributed by atoms with Crippen molar-refractivity contribution in [3.05, 3.63) is 0 Å². The van der Waals surface area contributed by atoms with Gasteiger partial charge < -0.3 is 9.84 Å². The molecule has 2 nitrogen and oxygen atoms in total. The average Bonchev–Trinajstić information content (AvgIpc) is 1.83. The summed E-state index contributed by atoms with van der Waals surface area (Å²) >= 11 is 0. The van der Waals surface area contributed by atoms with Crippen molar-refractivity contribution in [2.24, 2.45) is 0 Å². The lowest BCUT2D eigenvalue weighted by Crippen LogP contribution is -2.12. The SMILES string of the molecule is CCCO[C@@H](C)CO. The molecule has 8 heavy (non-hydrogen) atoms. The van der Waals surface area contributed by atoms with Crippen LogP contribution < -0.4 is 0 Å². The van der Waals surface area contributed by atoms with Gasteiger partial charge in [-0.05, 0) is 13.3 Å². The van der Waals surface area contributed by atoms with Crippen LogP contribution >= 0.6 is 0 Å². The lowest BCUT2D eigenvalue weighted by Gasteiger charge is -2.06. The van der Waals surface area contributed by atoms with Gasteiger partial charge in [0.15, 0.2) is 0 Å². The first kappa shape index (κ1) is 7.92. The van der Waals surface area contributed by atoms with Gasteiger partial charge in [-0.3, -0.25) is 0 Å². The van der Waals surface area contributed by atoms with Crippen LogP contribution in [0.2, 0.25) is 0 Å². The highest BCUT2D eigenvalue weighted by atomic mass is 16.5. The van der Waals surface area contributed by atoms with Crippen LogP contribution in [-0.4, -0.2) is 24.4 Å². The van der Waals surface area contributed by atoms with E-state index in [1.807, 2.05) is 13.8 Å². The third-order valence-electron chi connectivity index (χ3n) is 0.864. The molecule has 0 saturated heterocycles. The number of ether oxygens (including phenoxy) is 1. The van der Waals surface area contributed by atoms with E-state index in [1.54, 1.807) is 0 Å². The maximum atomic E-state index is 8.44. The first-order chi connectivity index (χ1) is 3.81. The van der Waals surface area contributed by atoms with E-state index in [0.29, 0.717) is 0 Å². The normalized spacial score (nSPS) is 13.9. The smallest absolute Gasteiger partial charge is 0.0777 e. The first-order valence-electron chi connectivity index (χ1n) is 3.03. The molecule has 0 aromatic rings. The van der Waals surface area contributed by atoms with Gasteiger partial charge in [-0.25, -0.2) is 0 Å². The molecular formula is C6H14O2. The van der Waals surface area contributed by atoms with Crippen molar-refractivity contribution < 1.29 is 9.84 Å². The number of hydrogen-bond acceptors (Lipinski definition) is 2. The van der Waals surface area contributed by atoms with Crippen LogP contribution in [-0.2, 0) is 4.74 Å². The van der Waals surface area contributed by atoms with Crippen molar-refractivity contribution in [1.29, 1.82) is 0 Å². The zero-order valence-electron chi connectivity index (χ0n) is 5.55. The van der Waals surface area contributed by atoms with E-state index in [4.69, 9.17) is 9.84 Å². The van der Waals surface area contributed by atoms with Gasteiger partial charge in [-0.1, -0.05) is 6.92 Å². The quantitative estimate of drug-likeness (QED) is 0.591. The maximum Gasteiger partial charge on any atom is 0.0777 e. The monoisotopic (exact) mass is 118 g/mol. The van der Waals surface area contributed by atoms with E-state index in [2.05, 4.69) is 0 Å². The van der Waals surface area contributed by atoms with Gasteiger partial charge >= 0.3 is 0 Å². The Kier molecular flexibility index (Phi) is 5.01. The third-order valence-corrected chi connectivity index (χ3v) is 0.864. The highest BCUT2D eigenvalue weighted by Crippen LogP contribution is 1.88. The Morgan fingerprint density at radius 2 is 2.25 bits per heavy atom. The molecule has 50 valence electrons. The van der Waals surface area contributed by atoms with E-state index in [-0.39, 0.29) is 12.7 Å². The van der Waals surface area contributed by atoms with Crippen molar-refractivity contribution >= 4 is 0 Å². The van der Waals surface area contributed by atoms with Crippen molar-refractivity contribution in [2.75, 3.05) is 13.2 Å². The molecule has 1 atom stereocenters. The number of rotatable bonds is 4.